The molecule has 0 aliphatic rings. The fraction of sp³-hybridized carbons (Fsp3) is 0.438. The normalized spacial score (nSPS) is 13.5. The number of hydrogen-bond acceptors (Lipinski definition) is 1. The zero-order chi connectivity index (χ0) is 14.0. The minimum absolute atomic E-state index is 0.101. The van der Waals surface area contributed by atoms with E-state index in [0.29, 0.717) is 5.92 Å². The third kappa shape index (κ3) is 3.16. The average molecular weight is 274 g/mol. The summed E-state index contributed by atoms with van der Waals surface area (Å²) in [5.41, 5.74) is 2.72. The fourth-order valence-corrected chi connectivity index (χ4v) is 2.59. The maximum Gasteiger partial charge on any atom is 0.177 e. The second kappa shape index (κ2) is 5.33. The summed E-state index contributed by atoms with van der Waals surface area (Å²) < 4.78 is 3.04. The van der Waals surface area contributed by atoms with Crippen LogP contribution in [0, 0.1) is 4.77 Å². The van der Waals surface area contributed by atoms with E-state index in [1.54, 1.807) is 0 Å². The van der Waals surface area contributed by atoms with Gasteiger partial charge in [0.2, 0.25) is 0 Å². The SMILES string of the molecule is CC(Cn1c(C(C)(C)C)c[nH]c1=S)c1ccccc1. The van der Waals surface area contributed by atoms with Crippen LogP contribution in [0.15, 0.2) is 36.5 Å². The number of nitrogens with one attached hydrogen (secondary N) is 1. The van der Waals surface area contributed by atoms with Crippen molar-refractivity contribution in [2.24, 2.45) is 0 Å². The molecular weight excluding hydrogens is 252 g/mol. The molecule has 0 aliphatic carbocycles. The molecule has 2 rings (SSSR count). The molecule has 1 N–H and O–H groups in total. The van der Waals surface area contributed by atoms with E-state index in [1.165, 1.54) is 11.3 Å². The first-order valence-corrected chi connectivity index (χ1v) is 7.14. The Labute approximate surface area is 120 Å². The first-order chi connectivity index (χ1) is 8.89. The predicted molar refractivity (Wildman–Crippen MR) is 83.2 cm³/mol. The molecule has 1 aromatic heterocycles. The molecule has 0 saturated heterocycles. The van der Waals surface area contributed by atoms with Crippen molar-refractivity contribution in [1.82, 2.24) is 9.55 Å². The van der Waals surface area contributed by atoms with Crippen LogP contribution in [0.25, 0.3) is 0 Å². The number of H-pyrrole nitrogens is 1. The lowest BCUT2D eigenvalue weighted by Gasteiger charge is -2.23. The molecule has 1 heterocycles. The topological polar surface area (TPSA) is 20.7 Å². The van der Waals surface area contributed by atoms with E-state index in [0.717, 1.165) is 11.3 Å². The number of nitrogens with zero attached hydrogens (tertiary/aromatic N) is 1. The van der Waals surface area contributed by atoms with Crippen LogP contribution in [0.4, 0.5) is 0 Å². The van der Waals surface area contributed by atoms with Gasteiger partial charge in [-0.25, -0.2) is 0 Å². The van der Waals surface area contributed by atoms with E-state index in [1.807, 2.05) is 6.20 Å². The van der Waals surface area contributed by atoms with Gasteiger partial charge < -0.3 is 9.55 Å². The Morgan fingerprint density at radius 3 is 2.42 bits per heavy atom. The summed E-state index contributed by atoms with van der Waals surface area (Å²) in [6.07, 6.45) is 2.04. The minimum Gasteiger partial charge on any atom is -0.337 e. The zero-order valence-electron chi connectivity index (χ0n) is 12.1. The summed E-state index contributed by atoms with van der Waals surface area (Å²) in [6, 6.07) is 10.6. The van der Waals surface area contributed by atoms with E-state index in [2.05, 4.69) is 67.6 Å². The van der Waals surface area contributed by atoms with Crippen molar-refractivity contribution in [2.75, 3.05) is 0 Å². The van der Waals surface area contributed by atoms with Gasteiger partial charge in [0.1, 0.15) is 0 Å². The van der Waals surface area contributed by atoms with Crippen LogP contribution in [0.3, 0.4) is 0 Å². The summed E-state index contributed by atoms with van der Waals surface area (Å²) in [5.74, 6) is 0.449. The third-order valence-electron chi connectivity index (χ3n) is 3.46. The lowest BCUT2D eigenvalue weighted by molar-refractivity contribution is 0.491. The smallest absolute Gasteiger partial charge is 0.177 e. The second-order valence-corrected chi connectivity index (χ2v) is 6.54. The van der Waals surface area contributed by atoms with E-state index in [9.17, 15) is 0 Å². The fourth-order valence-electron chi connectivity index (χ4n) is 2.36. The quantitative estimate of drug-likeness (QED) is 0.808. The van der Waals surface area contributed by atoms with Gasteiger partial charge in [-0.3, -0.25) is 0 Å². The van der Waals surface area contributed by atoms with E-state index >= 15 is 0 Å². The van der Waals surface area contributed by atoms with Gasteiger partial charge in [-0.2, -0.15) is 0 Å². The first-order valence-electron chi connectivity index (χ1n) is 6.73. The highest BCUT2D eigenvalue weighted by atomic mass is 32.1. The Morgan fingerprint density at radius 1 is 1.21 bits per heavy atom. The van der Waals surface area contributed by atoms with Gasteiger partial charge in [-0.05, 0) is 23.7 Å². The molecule has 19 heavy (non-hydrogen) atoms. The predicted octanol–water partition coefficient (Wildman–Crippen LogP) is 4.65. The molecule has 0 aliphatic heterocycles. The number of hydrogen-bond donors (Lipinski definition) is 1. The largest absolute Gasteiger partial charge is 0.337 e. The molecule has 0 amide bonds. The number of aromatic nitrogens is 2. The van der Waals surface area contributed by atoms with Crippen molar-refractivity contribution in [1.29, 1.82) is 0 Å². The molecule has 0 bridgehead atoms. The van der Waals surface area contributed by atoms with Crippen molar-refractivity contribution >= 4 is 12.2 Å². The summed E-state index contributed by atoms with van der Waals surface area (Å²) in [4.78, 5) is 3.18. The van der Waals surface area contributed by atoms with E-state index in [-0.39, 0.29) is 5.41 Å². The van der Waals surface area contributed by atoms with Crippen LogP contribution in [-0.2, 0) is 12.0 Å². The lowest BCUT2D eigenvalue weighted by Crippen LogP contribution is -2.19. The van der Waals surface area contributed by atoms with Crippen molar-refractivity contribution in [3.05, 3.63) is 52.6 Å². The van der Waals surface area contributed by atoms with Crippen LogP contribution in [0.2, 0.25) is 0 Å². The molecule has 1 unspecified atom stereocenters. The monoisotopic (exact) mass is 274 g/mol. The summed E-state index contributed by atoms with van der Waals surface area (Å²) in [6.45, 7) is 9.81. The van der Waals surface area contributed by atoms with Crippen molar-refractivity contribution in [3.8, 4) is 0 Å². The molecule has 2 aromatic rings. The van der Waals surface area contributed by atoms with Crippen LogP contribution >= 0.6 is 12.2 Å². The maximum atomic E-state index is 5.42. The standard InChI is InChI=1S/C16H22N2S/c1-12(13-8-6-5-7-9-13)11-18-14(16(2,3)4)10-17-15(18)19/h5-10,12H,11H2,1-4H3,(H,17,19). The average Bonchev–Trinajstić information content (AvgIpc) is 2.72. The number of rotatable bonds is 3. The molecule has 1 atom stereocenters. The lowest BCUT2D eigenvalue weighted by atomic mass is 9.92. The van der Waals surface area contributed by atoms with Crippen molar-refractivity contribution < 1.29 is 0 Å². The Bertz CT molecular complexity index is 587. The van der Waals surface area contributed by atoms with Crippen molar-refractivity contribution in [3.63, 3.8) is 0 Å². The molecule has 3 heteroatoms. The molecule has 0 saturated carbocycles. The van der Waals surface area contributed by atoms with E-state index < -0.39 is 0 Å². The molecule has 1 aromatic carbocycles. The molecule has 2 nitrogen and oxygen atoms in total. The first kappa shape index (κ1) is 14.1. The van der Waals surface area contributed by atoms with Gasteiger partial charge >= 0.3 is 0 Å². The second-order valence-electron chi connectivity index (χ2n) is 6.15. The number of benzene rings is 1. The van der Waals surface area contributed by atoms with Crippen LogP contribution < -0.4 is 0 Å². The maximum absolute atomic E-state index is 5.42. The zero-order valence-corrected chi connectivity index (χ0v) is 12.9. The van der Waals surface area contributed by atoms with Crippen LogP contribution in [0.5, 0.6) is 0 Å². The number of aromatic amines is 1. The van der Waals surface area contributed by atoms with Gasteiger partial charge in [0.15, 0.2) is 4.77 Å². The Balaban J connectivity index is 2.30. The highest BCUT2D eigenvalue weighted by Gasteiger charge is 2.20. The minimum atomic E-state index is 0.101. The number of imidazole rings is 1. The molecule has 0 spiro atoms. The highest BCUT2D eigenvalue weighted by molar-refractivity contribution is 7.71. The molecule has 0 radical (unpaired) electrons. The summed E-state index contributed by atoms with van der Waals surface area (Å²) in [7, 11) is 0. The van der Waals surface area contributed by atoms with Gasteiger partial charge in [0.25, 0.3) is 0 Å². The van der Waals surface area contributed by atoms with Crippen LogP contribution in [0.1, 0.15) is 44.9 Å². The molecule has 102 valence electrons. The summed E-state index contributed by atoms with van der Waals surface area (Å²) in [5, 5.41) is 0. The Morgan fingerprint density at radius 2 is 1.84 bits per heavy atom. The van der Waals surface area contributed by atoms with Crippen LogP contribution in [-0.4, -0.2) is 9.55 Å². The van der Waals surface area contributed by atoms with Crippen molar-refractivity contribution in [2.45, 2.75) is 45.6 Å². The van der Waals surface area contributed by atoms with Gasteiger partial charge in [-0.1, -0.05) is 58.0 Å². The Hall–Kier alpha value is -1.35. The third-order valence-corrected chi connectivity index (χ3v) is 3.80. The molecule has 0 fully saturated rings. The van der Waals surface area contributed by atoms with Gasteiger partial charge in [-0.15, -0.1) is 0 Å². The van der Waals surface area contributed by atoms with Gasteiger partial charge in [0, 0.05) is 23.9 Å². The molecular formula is C16H22N2S. The summed E-state index contributed by atoms with van der Waals surface area (Å²) >= 11 is 5.42. The highest BCUT2D eigenvalue weighted by Crippen LogP contribution is 2.25. The van der Waals surface area contributed by atoms with Gasteiger partial charge in [0.05, 0.1) is 0 Å². The Kier molecular flexibility index (Phi) is 3.95. The van der Waals surface area contributed by atoms with E-state index in [4.69, 9.17) is 12.2 Å².